The molecule has 2 fully saturated rings. The second-order valence-corrected chi connectivity index (χ2v) is 7.53. The van der Waals surface area contributed by atoms with Gasteiger partial charge >= 0.3 is 6.09 Å². The highest BCUT2D eigenvalue weighted by atomic mass is 16.6. The third-order valence-electron chi connectivity index (χ3n) is 4.19. The Hall–Kier alpha value is -1.26. The van der Waals surface area contributed by atoms with Gasteiger partial charge in [-0.15, -0.1) is 0 Å². The number of nitrogens with one attached hydrogen (secondary N) is 2. The number of ether oxygens (including phenoxy) is 1. The fraction of sp³-hybridized carbons (Fsp3) is 0.875. The standard InChI is InChI=1S/C16H28N2O3/c1-10-8-13(10)14(19)17-11-6-5-7-12(9-11)18-15(20)21-16(2,3)4/h10-13H,5-9H2,1-4H3,(H,17,19)(H,18,20). The van der Waals surface area contributed by atoms with Crippen LogP contribution in [0.3, 0.4) is 0 Å². The van der Waals surface area contributed by atoms with Crippen molar-refractivity contribution >= 4 is 12.0 Å². The first kappa shape index (κ1) is 16.1. The van der Waals surface area contributed by atoms with Crippen LogP contribution in [0, 0.1) is 11.8 Å². The predicted molar refractivity (Wildman–Crippen MR) is 80.8 cm³/mol. The van der Waals surface area contributed by atoms with Gasteiger partial charge in [-0.2, -0.15) is 0 Å². The molecule has 0 radical (unpaired) electrons. The van der Waals surface area contributed by atoms with Gasteiger partial charge in [-0.05, 0) is 58.8 Å². The number of rotatable bonds is 3. The van der Waals surface area contributed by atoms with Crippen LogP contribution >= 0.6 is 0 Å². The predicted octanol–water partition coefficient (Wildman–Crippen LogP) is 2.59. The van der Waals surface area contributed by atoms with Crippen molar-refractivity contribution in [2.75, 3.05) is 0 Å². The van der Waals surface area contributed by atoms with E-state index in [9.17, 15) is 9.59 Å². The van der Waals surface area contributed by atoms with Crippen LogP contribution in [0.2, 0.25) is 0 Å². The Labute approximate surface area is 127 Å². The van der Waals surface area contributed by atoms with Crippen molar-refractivity contribution in [2.24, 2.45) is 11.8 Å². The van der Waals surface area contributed by atoms with E-state index in [1.807, 2.05) is 20.8 Å². The van der Waals surface area contributed by atoms with Gasteiger partial charge in [0.2, 0.25) is 5.91 Å². The highest BCUT2D eigenvalue weighted by Gasteiger charge is 2.40. The van der Waals surface area contributed by atoms with Crippen LogP contribution in [0.1, 0.15) is 59.8 Å². The van der Waals surface area contributed by atoms with E-state index in [-0.39, 0.29) is 30.0 Å². The first-order valence-corrected chi connectivity index (χ1v) is 8.04. The van der Waals surface area contributed by atoms with E-state index in [2.05, 4.69) is 17.6 Å². The lowest BCUT2D eigenvalue weighted by molar-refractivity contribution is -0.123. The molecule has 0 saturated heterocycles. The quantitative estimate of drug-likeness (QED) is 0.841. The fourth-order valence-corrected chi connectivity index (χ4v) is 2.92. The van der Waals surface area contributed by atoms with E-state index in [0.717, 1.165) is 32.1 Å². The maximum Gasteiger partial charge on any atom is 0.407 e. The molecule has 0 aromatic heterocycles. The second kappa shape index (κ2) is 6.24. The molecule has 4 atom stereocenters. The summed E-state index contributed by atoms with van der Waals surface area (Å²) in [6.07, 6.45) is 4.41. The van der Waals surface area contributed by atoms with Gasteiger partial charge in [-0.1, -0.05) is 6.92 Å². The summed E-state index contributed by atoms with van der Waals surface area (Å²) in [4.78, 5) is 23.8. The van der Waals surface area contributed by atoms with Gasteiger partial charge in [0, 0.05) is 18.0 Å². The summed E-state index contributed by atoms with van der Waals surface area (Å²) in [6.45, 7) is 7.67. The Kier molecular flexibility index (Phi) is 4.79. The molecule has 0 spiro atoms. The van der Waals surface area contributed by atoms with Crippen LogP contribution < -0.4 is 10.6 Å². The zero-order chi connectivity index (χ0) is 15.6. The van der Waals surface area contributed by atoms with Crippen molar-refractivity contribution in [1.82, 2.24) is 10.6 Å². The normalized spacial score (nSPS) is 32.2. The molecule has 2 rings (SSSR count). The highest BCUT2D eigenvalue weighted by molar-refractivity contribution is 5.81. The van der Waals surface area contributed by atoms with E-state index in [4.69, 9.17) is 4.74 Å². The van der Waals surface area contributed by atoms with Gasteiger partial charge in [0.25, 0.3) is 0 Å². The van der Waals surface area contributed by atoms with Crippen molar-refractivity contribution in [3.63, 3.8) is 0 Å². The molecule has 0 bridgehead atoms. The number of carbonyl (C=O) groups is 2. The minimum Gasteiger partial charge on any atom is -0.444 e. The molecular formula is C16H28N2O3. The van der Waals surface area contributed by atoms with Crippen LogP contribution in [0.4, 0.5) is 4.79 Å². The molecule has 2 aliphatic rings. The van der Waals surface area contributed by atoms with Gasteiger partial charge in [0.15, 0.2) is 0 Å². The molecule has 0 aliphatic heterocycles. The summed E-state index contributed by atoms with van der Waals surface area (Å²) in [5, 5.41) is 6.05. The molecule has 2 saturated carbocycles. The molecule has 0 aromatic rings. The summed E-state index contributed by atoms with van der Waals surface area (Å²) in [5.41, 5.74) is -0.478. The van der Waals surface area contributed by atoms with Gasteiger partial charge in [-0.25, -0.2) is 4.79 Å². The lowest BCUT2D eigenvalue weighted by Crippen LogP contribution is -2.47. The maximum atomic E-state index is 12.0. The molecule has 4 unspecified atom stereocenters. The summed E-state index contributed by atoms with van der Waals surface area (Å²) in [6, 6.07) is 0.273. The van der Waals surface area contributed by atoms with Gasteiger partial charge in [-0.3, -0.25) is 4.79 Å². The molecule has 2 aliphatic carbocycles. The van der Waals surface area contributed by atoms with Gasteiger partial charge in [0.05, 0.1) is 0 Å². The third-order valence-corrected chi connectivity index (χ3v) is 4.19. The summed E-state index contributed by atoms with van der Waals surface area (Å²) < 4.78 is 5.28. The molecule has 5 heteroatoms. The number of hydrogen-bond acceptors (Lipinski definition) is 3. The van der Waals surface area contributed by atoms with Crippen LogP contribution in [-0.4, -0.2) is 29.7 Å². The van der Waals surface area contributed by atoms with Crippen LogP contribution in [0.15, 0.2) is 0 Å². The molecule has 5 nitrogen and oxygen atoms in total. The van der Waals surface area contributed by atoms with E-state index < -0.39 is 5.60 Å². The van der Waals surface area contributed by atoms with Crippen molar-refractivity contribution in [3.8, 4) is 0 Å². The molecule has 2 amide bonds. The number of amides is 2. The first-order chi connectivity index (χ1) is 9.74. The molecule has 120 valence electrons. The molecular weight excluding hydrogens is 268 g/mol. The van der Waals surface area contributed by atoms with E-state index >= 15 is 0 Å². The van der Waals surface area contributed by atoms with Crippen LogP contribution in [0.25, 0.3) is 0 Å². The Bertz CT molecular complexity index is 403. The summed E-state index contributed by atoms with van der Waals surface area (Å²) >= 11 is 0. The maximum absolute atomic E-state index is 12.0. The fourth-order valence-electron chi connectivity index (χ4n) is 2.92. The van der Waals surface area contributed by atoms with E-state index in [0.29, 0.717) is 5.92 Å². The van der Waals surface area contributed by atoms with Crippen LogP contribution in [0.5, 0.6) is 0 Å². The average molecular weight is 296 g/mol. The summed E-state index contributed by atoms with van der Waals surface area (Å²) in [5.74, 6) is 0.930. The van der Waals surface area contributed by atoms with Crippen LogP contribution in [-0.2, 0) is 9.53 Å². The topological polar surface area (TPSA) is 67.4 Å². The molecule has 21 heavy (non-hydrogen) atoms. The zero-order valence-corrected chi connectivity index (χ0v) is 13.6. The van der Waals surface area contributed by atoms with Crippen molar-refractivity contribution < 1.29 is 14.3 Å². The number of hydrogen-bond donors (Lipinski definition) is 2. The van der Waals surface area contributed by atoms with Gasteiger partial charge < -0.3 is 15.4 Å². The second-order valence-electron chi connectivity index (χ2n) is 7.53. The summed E-state index contributed by atoms with van der Waals surface area (Å²) in [7, 11) is 0. The Morgan fingerprint density at radius 2 is 1.62 bits per heavy atom. The van der Waals surface area contributed by atoms with Crippen molar-refractivity contribution in [1.29, 1.82) is 0 Å². The number of carbonyl (C=O) groups excluding carboxylic acids is 2. The molecule has 0 aromatic carbocycles. The van der Waals surface area contributed by atoms with Crippen molar-refractivity contribution in [3.05, 3.63) is 0 Å². The zero-order valence-electron chi connectivity index (χ0n) is 13.6. The minimum atomic E-state index is -0.478. The Balaban J connectivity index is 1.75. The minimum absolute atomic E-state index is 0.0931. The van der Waals surface area contributed by atoms with E-state index in [1.165, 1.54) is 0 Å². The monoisotopic (exact) mass is 296 g/mol. The molecule has 2 N–H and O–H groups in total. The van der Waals surface area contributed by atoms with E-state index in [1.54, 1.807) is 0 Å². The van der Waals surface area contributed by atoms with Crippen molar-refractivity contribution in [2.45, 2.75) is 77.5 Å². The van der Waals surface area contributed by atoms with Gasteiger partial charge in [0.1, 0.15) is 5.60 Å². The molecule has 0 heterocycles. The average Bonchev–Trinajstić information content (AvgIpc) is 3.04. The lowest BCUT2D eigenvalue weighted by Gasteiger charge is -2.31. The Morgan fingerprint density at radius 3 is 2.14 bits per heavy atom. The number of alkyl carbamates (subject to hydrolysis) is 1. The first-order valence-electron chi connectivity index (χ1n) is 8.04. The SMILES string of the molecule is CC1CC1C(=O)NC1CCCC(NC(=O)OC(C)(C)C)C1. The largest absolute Gasteiger partial charge is 0.444 e. The lowest BCUT2D eigenvalue weighted by atomic mass is 9.91. The highest BCUT2D eigenvalue weighted by Crippen LogP contribution is 2.38. The smallest absolute Gasteiger partial charge is 0.407 e. The third kappa shape index (κ3) is 5.21. The Morgan fingerprint density at radius 1 is 1.05 bits per heavy atom.